The van der Waals surface area contributed by atoms with Crippen LogP contribution in [0.1, 0.15) is 5.56 Å². The second-order valence-corrected chi connectivity index (χ2v) is 8.76. The number of carbonyl (C=O) groups is 1. The highest BCUT2D eigenvalue weighted by Crippen LogP contribution is 2.26. The zero-order chi connectivity index (χ0) is 20.5. The van der Waals surface area contributed by atoms with Crippen molar-refractivity contribution < 1.29 is 9.53 Å². The van der Waals surface area contributed by atoms with Gasteiger partial charge in [0, 0.05) is 18.6 Å². The Kier molecular flexibility index (Phi) is 8.15. The van der Waals surface area contributed by atoms with Crippen LogP contribution in [0.15, 0.2) is 58.9 Å². The first-order valence-electron chi connectivity index (χ1n) is 8.96. The summed E-state index contributed by atoms with van der Waals surface area (Å²) >= 11 is 8.68. The predicted octanol–water partition coefficient (Wildman–Crippen LogP) is 4.43. The minimum Gasteiger partial charge on any atom is -0.492 e. The first kappa shape index (κ1) is 21.4. The first-order valence-corrected chi connectivity index (χ1v) is 11.1. The molecular formula is C20H21ClN4O2S2. The Labute approximate surface area is 183 Å². The molecule has 6 nitrogen and oxygen atoms in total. The summed E-state index contributed by atoms with van der Waals surface area (Å²) in [5.74, 6) is 1.06. The van der Waals surface area contributed by atoms with Gasteiger partial charge in [-0.1, -0.05) is 65.0 Å². The average molecular weight is 449 g/mol. The molecule has 0 aliphatic rings. The second kappa shape index (κ2) is 11.0. The fraction of sp³-hybridized carbons (Fsp3) is 0.250. The summed E-state index contributed by atoms with van der Waals surface area (Å²) in [6.45, 7) is 1.61. The van der Waals surface area contributed by atoms with Gasteiger partial charge in [0.2, 0.25) is 11.0 Å². The lowest BCUT2D eigenvalue weighted by molar-refractivity contribution is -0.127. The van der Waals surface area contributed by atoms with E-state index in [0.29, 0.717) is 30.5 Å². The monoisotopic (exact) mass is 448 g/mol. The van der Waals surface area contributed by atoms with Gasteiger partial charge < -0.3 is 15.0 Å². The van der Waals surface area contributed by atoms with Crippen LogP contribution < -0.4 is 10.1 Å². The standard InChI is InChI=1S/C20H21ClN4O2S2/c1-25(11-12-27-17-9-7-16(21)8-10-17)18(26)14-28-20-24-23-19(29-20)22-13-15-5-3-2-4-6-15/h2-10H,11-14H2,1H3,(H,22,23). The van der Waals surface area contributed by atoms with Crippen LogP contribution in [0.4, 0.5) is 5.13 Å². The smallest absolute Gasteiger partial charge is 0.232 e. The van der Waals surface area contributed by atoms with Gasteiger partial charge in [0.25, 0.3) is 0 Å². The van der Waals surface area contributed by atoms with E-state index in [-0.39, 0.29) is 5.91 Å². The van der Waals surface area contributed by atoms with E-state index in [9.17, 15) is 4.79 Å². The summed E-state index contributed by atoms with van der Waals surface area (Å²) in [5.41, 5.74) is 1.18. The molecule has 9 heteroatoms. The number of hydrogen-bond acceptors (Lipinski definition) is 7. The van der Waals surface area contributed by atoms with E-state index >= 15 is 0 Å². The maximum absolute atomic E-state index is 12.3. The molecule has 3 aromatic rings. The number of benzene rings is 2. The van der Waals surface area contributed by atoms with Gasteiger partial charge in [0.05, 0.1) is 12.3 Å². The van der Waals surface area contributed by atoms with Crippen molar-refractivity contribution in [2.24, 2.45) is 0 Å². The van der Waals surface area contributed by atoms with Crippen molar-refractivity contribution in [2.75, 3.05) is 31.3 Å². The number of likely N-dealkylation sites (N-methyl/N-ethyl adjacent to an activating group) is 1. The number of rotatable bonds is 10. The summed E-state index contributed by atoms with van der Waals surface area (Å²) in [7, 11) is 1.76. The number of anilines is 1. The van der Waals surface area contributed by atoms with E-state index in [0.717, 1.165) is 15.2 Å². The summed E-state index contributed by atoms with van der Waals surface area (Å²) < 4.78 is 6.39. The number of amides is 1. The van der Waals surface area contributed by atoms with Gasteiger partial charge in [0.1, 0.15) is 12.4 Å². The Hall–Kier alpha value is -2.29. The highest BCUT2D eigenvalue weighted by Gasteiger charge is 2.12. The summed E-state index contributed by atoms with van der Waals surface area (Å²) in [5, 5.41) is 12.9. The van der Waals surface area contributed by atoms with E-state index in [2.05, 4.69) is 27.6 Å². The van der Waals surface area contributed by atoms with Crippen molar-refractivity contribution in [3.63, 3.8) is 0 Å². The normalized spacial score (nSPS) is 10.6. The number of aromatic nitrogens is 2. The molecule has 0 spiro atoms. The molecule has 0 atom stereocenters. The molecular weight excluding hydrogens is 428 g/mol. The molecule has 1 N–H and O–H groups in total. The topological polar surface area (TPSA) is 67.3 Å². The molecule has 0 radical (unpaired) electrons. The summed E-state index contributed by atoms with van der Waals surface area (Å²) in [6, 6.07) is 17.2. The summed E-state index contributed by atoms with van der Waals surface area (Å²) in [4.78, 5) is 13.9. The molecule has 0 saturated carbocycles. The molecule has 29 heavy (non-hydrogen) atoms. The van der Waals surface area contributed by atoms with Crippen molar-refractivity contribution in [1.29, 1.82) is 0 Å². The molecule has 0 unspecified atom stereocenters. The second-order valence-electron chi connectivity index (χ2n) is 6.12. The van der Waals surface area contributed by atoms with Crippen LogP contribution in [0.5, 0.6) is 5.75 Å². The zero-order valence-corrected chi connectivity index (χ0v) is 18.3. The average Bonchev–Trinajstić information content (AvgIpc) is 3.20. The van der Waals surface area contributed by atoms with Crippen molar-refractivity contribution >= 4 is 45.7 Å². The number of ether oxygens (including phenoxy) is 1. The van der Waals surface area contributed by atoms with Crippen LogP contribution in [0.3, 0.4) is 0 Å². The van der Waals surface area contributed by atoms with Crippen LogP contribution in [0.25, 0.3) is 0 Å². The number of thioether (sulfide) groups is 1. The lowest BCUT2D eigenvalue weighted by Crippen LogP contribution is -2.32. The van der Waals surface area contributed by atoms with Gasteiger partial charge in [0.15, 0.2) is 4.34 Å². The van der Waals surface area contributed by atoms with E-state index in [4.69, 9.17) is 16.3 Å². The van der Waals surface area contributed by atoms with E-state index < -0.39 is 0 Å². The number of nitrogens with zero attached hydrogens (tertiary/aromatic N) is 3. The maximum Gasteiger partial charge on any atom is 0.232 e. The molecule has 0 aliphatic heterocycles. The number of carbonyl (C=O) groups excluding carboxylic acids is 1. The van der Waals surface area contributed by atoms with Gasteiger partial charge in [-0.3, -0.25) is 4.79 Å². The predicted molar refractivity (Wildman–Crippen MR) is 119 cm³/mol. The molecule has 0 bridgehead atoms. The fourth-order valence-electron chi connectivity index (χ4n) is 2.30. The number of halogens is 1. The van der Waals surface area contributed by atoms with Crippen molar-refractivity contribution in [3.05, 3.63) is 65.2 Å². The van der Waals surface area contributed by atoms with Gasteiger partial charge in [-0.05, 0) is 29.8 Å². The zero-order valence-electron chi connectivity index (χ0n) is 15.9. The van der Waals surface area contributed by atoms with E-state index in [1.807, 2.05) is 18.2 Å². The van der Waals surface area contributed by atoms with Gasteiger partial charge in [-0.2, -0.15) is 0 Å². The quantitative estimate of drug-likeness (QED) is 0.463. The molecule has 1 aromatic heterocycles. The van der Waals surface area contributed by atoms with Crippen molar-refractivity contribution in [3.8, 4) is 5.75 Å². The Morgan fingerprint density at radius 1 is 1.17 bits per heavy atom. The maximum atomic E-state index is 12.3. The number of hydrogen-bond donors (Lipinski definition) is 1. The van der Waals surface area contributed by atoms with Crippen molar-refractivity contribution in [2.45, 2.75) is 10.9 Å². The molecule has 1 amide bonds. The molecule has 0 fully saturated rings. The van der Waals surface area contributed by atoms with Crippen molar-refractivity contribution in [1.82, 2.24) is 15.1 Å². The molecule has 1 heterocycles. The van der Waals surface area contributed by atoms with Crippen LogP contribution in [-0.2, 0) is 11.3 Å². The Bertz CT molecular complexity index is 906. The number of nitrogens with one attached hydrogen (secondary N) is 1. The SMILES string of the molecule is CN(CCOc1ccc(Cl)cc1)C(=O)CSc1nnc(NCc2ccccc2)s1. The van der Waals surface area contributed by atoms with Crippen LogP contribution in [0.2, 0.25) is 5.02 Å². The lowest BCUT2D eigenvalue weighted by Gasteiger charge is -2.17. The Balaban J connectivity index is 1.36. The van der Waals surface area contributed by atoms with E-state index in [1.165, 1.54) is 28.7 Å². The molecule has 0 aliphatic carbocycles. The summed E-state index contributed by atoms with van der Waals surface area (Å²) in [6.07, 6.45) is 0. The Morgan fingerprint density at radius 3 is 2.69 bits per heavy atom. The third kappa shape index (κ3) is 7.23. The van der Waals surface area contributed by atoms with Crippen LogP contribution >= 0.6 is 34.7 Å². The third-order valence-corrected chi connectivity index (χ3v) is 6.20. The molecule has 152 valence electrons. The Morgan fingerprint density at radius 2 is 1.93 bits per heavy atom. The van der Waals surface area contributed by atoms with Gasteiger partial charge >= 0.3 is 0 Å². The minimum atomic E-state index is 0.0173. The lowest BCUT2D eigenvalue weighted by atomic mass is 10.2. The highest BCUT2D eigenvalue weighted by molar-refractivity contribution is 8.01. The fourth-order valence-corrected chi connectivity index (χ4v) is 4.12. The van der Waals surface area contributed by atoms with Gasteiger partial charge in [-0.15, -0.1) is 10.2 Å². The first-order chi connectivity index (χ1) is 14.1. The van der Waals surface area contributed by atoms with Crippen LogP contribution in [0, 0.1) is 0 Å². The molecule has 0 saturated heterocycles. The van der Waals surface area contributed by atoms with Crippen LogP contribution in [-0.4, -0.2) is 47.0 Å². The molecule has 2 aromatic carbocycles. The third-order valence-electron chi connectivity index (χ3n) is 3.95. The molecule has 3 rings (SSSR count). The van der Waals surface area contributed by atoms with E-state index in [1.54, 1.807) is 36.2 Å². The largest absolute Gasteiger partial charge is 0.492 e. The minimum absolute atomic E-state index is 0.0173. The highest BCUT2D eigenvalue weighted by atomic mass is 35.5. The van der Waals surface area contributed by atoms with Gasteiger partial charge in [-0.25, -0.2) is 0 Å².